The van der Waals surface area contributed by atoms with E-state index in [-0.39, 0.29) is 5.75 Å². The third-order valence-corrected chi connectivity index (χ3v) is 1.47. The number of phenolic OH excluding ortho intramolecular Hbond substituents is 1. The van der Waals surface area contributed by atoms with E-state index in [4.69, 9.17) is 5.11 Å². The lowest BCUT2D eigenvalue weighted by Crippen LogP contribution is -2.32. The van der Waals surface area contributed by atoms with Crippen LogP contribution in [0.2, 0.25) is 0 Å². The highest BCUT2D eigenvalue weighted by molar-refractivity contribution is 6.34. The monoisotopic (exact) mass is 207 g/mol. The molecule has 6 nitrogen and oxygen atoms in total. The molecule has 1 aromatic carbocycles. The van der Waals surface area contributed by atoms with Gasteiger partial charge in [0.1, 0.15) is 5.75 Å². The zero-order valence-electron chi connectivity index (χ0n) is 7.68. The minimum atomic E-state index is -1.11. The Morgan fingerprint density at radius 3 is 2.80 bits per heavy atom. The highest BCUT2D eigenvalue weighted by Gasteiger charge is 2.05. The van der Waals surface area contributed by atoms with E-state index in [0.717, 1.165) is 0 Å². The fourth-order valence-electron chi connectivity index (χ4n) is 0.826. The van der Waals surface area contributed by atoms with E-state index in [1.807, 2.05) is 5.43 Å². The molecule has 0 spiro atoms. The lowest BCUT2D eigenvalue weighted by molar-refractivity contribution is -0.137. The van der Waals surface area contributed by atoms with Gasteiger partial charge in [-0.15, -0.1) is 0 Å². The van der Waals surface area contributed by atoms with Gasteiger partial charge in [-0.2, -0.15) is 5.10 Å². The molecule has 78 valence electrons. The van der Waals surface area contributed by atoms with Crippen LogP contribution in [0.25, 0.3) is 0 Å². The average molecular weight is 207 g/mol. The van der Waals surface area contributed by atoms with E-state index in [9.17, 15) is 9.59 Å². The first-order chi connectivity index (χ1) is 7.09. The molecule has 0 saturated heterocycles. The van der Waals surface area contributed by atoms with Crippen LogP contribution in [0.3, 0.4) is 0 Å². The van der Waals surface area contributed by atoms with E-state index in [1.165, 1.54) is 18.3 Å². The largest absolute Gasteiger partial charge is 0.508 e. The number of nitrogens with zero attached hydrogens (tertiary/aromatic N) is 1. The summed E-state index contributed by atoms with van der Waals surface area (Å²) in [5.74, 6) is -2.02. The Kier molecular flexibility index (Phi) is 3.39. The van der Waals surface area contributed by atoms with Gasteiger partial charge in [-0.1, -0.05) is 12.1 Å². The molecule has 6 heteroatoms. The summed E-state index contributed by atoms with van der Waals surface area (Å²) in [6.45, 7) is 0. The number of hydrazone groups is 1. The Bertz CT molecular complexity index is 415. The molecule has 0 unspecified atom stereocenters. The molecule has 1 rings (SSSR count). The minimum Gasteiger partial charge on any atom is -0.508 e. The smallest absolute Gasteiger partial charge is 0.329 e. The fourth-order valence-corrected chi connectivity index (χ4v) is 0.826. The van der Waals surface area contributed by atoms with Crippen LogP contribution in [-0.2, 0) is 9.59 Å². The van der Waals surface area contributed by atoms with Crippen LogP contribution in [-0.4, -0.2) is 23.1 Å². The summed E-state index contributed by atoms with van der Waals surface area (Å²) >= 11 is 0. The van der Waals surface area contributed by atoms with Crippen LogP contribution in [0, 0.1) is 0 Å². The van der Waals surface area contributed by atoms with Gasteiger partial charge in [0.2, 0.25) is 0 Å². The maximum Gasteiger partial charge on any atom is 0.329 e. The molecule has 0 saturated carbocycles. The maximum atomic E-state index is 10.7. The Morgan fingerprint density at radius 2 is 2.20 bits per heavy atom. The molecule has 0 aliphatic heterocycles. The highest BCUT2D eigenvalue weighted by Crippen LogP contribution is 2.08. The van der Waals surface area contributed by atoms with E-state index >= 15 is 0 Å². The summed E-state index contributed by atoms with van der Waals surface area (Å²) in [6.07, 6.45) is 1.28. The van der Waals surface area contributed by atoms with Gasteiger partial charge >= 0.3 is 11.8 Å². The molecule has 0 fully saturated rings. The lowest BCUT2D eigenvalue weighted by atomic mass is 10.2. The second-order valence-corrected chi connectivity index (χ2v) is 2.66. The average Bonchev–Trinajstić information content (AvgIpc) is 2.17. The summed E-state index contributed by atoms with van der Waals surface area (Å²) < 4.78 is 0. The summed E-state index contributed by atoms with van der Waals surface area (Å²) in [7, 11) is 0. The van der Waals surface area contributed by atoms with Crippen LogP contribution in [0.5, 0.6) is 5.75 Å². The Morgan fingerprint density at radius 1 is 1.47 bits per heavy atom. The molecule has 0 atom stereocenters. The number of phenols is 1. The number of hydrogen-bond acceptors (Lipinski definition) is 4. The number of carbonyl (C=O) groups excluding carboxylic acids is 2. The summed E-state index contributed by atoms with van der Waals surface area (Å²) in [6, 6.07) is 6.23. The molecular weight excluding hydrogens is 198 g/mol. The molecular formula is C9H9N3O3. The van der Waals surface area contributed by atoms with Gasteiger partial charge in [-0.25, -0.2) is 5.43 Å². The van der Waals surface area contributed by atoms with Crippen LogP contribution >= 0.6 is 0 Å². The van der Waals surface area contributed by atoms with Gasteiger partial charge in [0.25, 0.3) is 0 Å². The highest BCUT2D eigenvalue weighted by atomic mass is 16.3. The van der Waals surface area contributed by atoms with Crippen molar-refractivity contribution in [3.63, 3.8) is 0 Å². The molecule has 0 aliphatic carbocycles. The van der Waals surface area contributed by atoms with E-state index in [0.29, 0.717) is 5.56 Å². The third-order valence-electron chi connectivity index (χ3n) is 1.47. The van der Waals surface area contributed by atoms with Crippen LogP contribution < -0.4 is 11.2 Å². The van der Waals surface area contributed by atoms with Gasteiger partial charge < -0.3 is 10.8 Å². The zero-order chi connectivity index (χ0) is 11.3. The molecule has 0 aromatic heterocycles. The number of nitrogens with two attached hydrogens (primary N) is 1. The van der Waals surface area contributed by atoms with Crippen molar-refractivity contribution in [1.29, 1.82) is 0 Å². The first kappa shape index (κ1) is 10.7. The SMILES string of the molecule is NC(=O)C(=O)NN=Cc1cccc(O)c1. The van der Waals surface area contributed by atoms with Gasteiger partial charge in [-0.05, 0) is 17.7 Å². The Labute approximate surface area is 85.4 Å². The standard InChI is InChI=1S/C9H9N3O3/c10-8(14)9(15)12-11-5-6-2-1-3-7(13)4-6/h1-5,13H,(H2,10,14)(H,12,15). The van der Waals surface area contributed by atoms with Gasteiger partial charge in [0, 0.05) is 0 Å². The second-order valence-electron chi connectivity index (χ2n) is 2.66. The van der Waals surface area contributed by atoms with E-state index in [2.05, 4.69) is 10.8 Å². The fraction of sp³-hybridized carbons (Fsp3) is 0. The molecule has 15 heavy (non-hydrogen) atoms. The number of amides is 2. The maximum absolute atomic E-state index is 10.7. The molecule has 1 aromatic rings. The number of benzene rings is 1. The van der Waals surface area contributed by atoms with Crippen molar-refractivity contribution in [3.05, 3.63) is 29.8 Å². The number of aromatic hydroxyl groups is 1. The van der Waals surface area contributed by atoms with Crippen molar-refractivity contribution in [1.82, 2.24) is 5.43 Å². The first-order valence-electron chi connectivity index (χ1n) is 4.01. The number of carbonyl (C=O) groups is 2. The lowest BCUT2D eigenvalue weighted by Gasteiger charge is -1.95. The summed E-state index contributed by atoms with van der Waals surface area (Å²) in [5, 5.41) is 12.6. The normalized spacial score (nSPS) is 10.1. The van der Waals surface area contributed by atoms with Crippen LogP contribution in [0.15, 0.2) is 29.4 Å². The molecule has 4 N–H and O–H groups in total. The van der Waals surface area contributed by atoms with Gasteiger partial charge in [-0.3, -0.25) is 9.59 Å². The summed E-state index contributed by atoms with van der Waals surface area (Å²) in [5.41, 5.74) is 7.18. The van der Waals surface area contributed by atoms with Crippen molar-refractivity contribution >= 4 is 18.0 Å². The quantitative estimate of drug-likeness (QED) is 0.340. The number of hydrogen-bond donors (Lipinski definition) is 3. The van der Waals surface area contributed by atoms with Gasteiger partial charge in [0.15, 0.2) is 0 Å². The minimum absolute atomic E-state index is 0.0835. The predicted molar refractivity (Wildman–Crippen MR) is 53.0 cm³/mol. The Hall–Kier alpha value is -2.37. The zero-order valence-corrected chi connectivity index (χ0v) is 7.68. The van der Waals surface area contributed by atoms with Crippen LogP contribution in [0.1, 0.15) is 5.56 Å². The first-order valence-corrected chi connectivity index (χ1v) is 4.01. The number of primary amides is 1. The van der Waals surface area contributed by atoms with Gasteiger partial charge in [0.05, 0.1) is 6.21 Å². The van der Waals surface area contributed by atoms with Crippen molar-refractivity contribution in [3.8, 4) is 5.75 Å². The molecule has 0 bridgehead atoms. The van der Waals surface area contributed by atoms with Crippen molar-refractivity contribution in [2.45, 2.75) is 0 Å². The van der Waals surface area contributed by atoms with Crippen molar-refractivity contribution in [2.75, 3.05) is 0 Å². The van der Waals surface area contributed by atoms with Crippen molar-refractivity contribution < 1.29 is 14.7 Å². The molecule has 0 aliphatic rings. The van der Waals surface area contributed by atoms with Crippen LogP contribution in [0.4, 0.5) is 0 Å². The van der Waals surface area contributed by atoms with E-state index < -0.39 is 11.8 Å². The predicted octanol–water partition coefficient (Wildman–Crippen LogP) is -0.672. The summed E-state index contributed by atoms with van der Waals surface area (Å²) in [4.78, 5) is 20.9. The Balaban J connectivity index is 2.59. The molecule has 0 radical (unpaired) electrons. The molecule has 2 amide bonds. The number of rotatable bonds is 2. The molecule has 0 heterocycles. The van der Waals surface area contributed by atoms with E-state index in [1.54, 1.807) is 12.1 Å². The van der Waals surface area contributed by atoms with Crippen molar-refractivity contribution in [2.24, 2.45) is 10.8 Å². The third kappa shape index (κ3) is 3.47. The number of nitrogens with one attached hydrogen (secondary N) is 1. The topological polar surface area (TPSA) is 105 Å². The second kappa shape index (κ2) is 4.75.